The smallest absolute Gasteiger partial charge is 0.312 e. The highest BCUT2D eigenvalue weighted by Crippen LogP contribution is 2.65. The Morgan fingerprint density at radius 3 is 2.56 bits per heavy atom. The van der Waals surface area contributed by atoms with Gasteiger partial charge in [-0.05, 0) is 52.4 Å². The summed E-state index contributed by atoms with van der Waals surface area (Å²) in [7, 11) is 0. The molecule has 6 atom stereocenters. The number of ether oxygens (including phenoxy) is 2. The highest BCUT2D eigenvalue weighted by molar-refractivity contribution is 5.98. The van der Waals surface area contributed by atoms with E-state index in [9.17, 15) is 14.4 Å². The predicted octanol–water partition coefficient (Wildman–Crippen LogP) is 3.09. The lowest BCUT2D eigenvalue weighted by Crippen LogP contribution is -2.57. The van der Waals surface area contributed by atoms with Crippen LogP contribution < -0.4 is 0 Å². The number of carbonyl (C=O) groups is 3. The SMILES string of the molecule is C=CCCOC(=O)[C@H]1[C@H]2C(=O)N(CCCCCCO)C(C(=O)N(CC=C)C(C)C)C23CC(C)[C@]1(C)O3. The molecule has 0 aromatic rings. The first-order chi connectivity index (χ1) is 17.1. The molecule has 1 spiro atoms. The zero-order chi connectivity index (χ0) is 26.7. The molecule has 0 aromatic heterocycles. The van der Waals surface area contributed by atoms with Crippen molar-refractivity contribution in [2.24, 2.45) is 17.8 Å². The average Bonchev–Trinajstić information content (AvgIpc) is 3.33. The van der Waals surface area contributed by atoms with E-state index in [4.69, 9.17) is 14.6 Å². The van der Waals surface area contributed by atoms with Crippen molar-refractivity contribution < 1.29 is 29.0 Å². The van der Waals surface area contributed by atoms with Crippen molar-refractivity contribution in [1.82, 2.24) is 9.80 Å². The molecule has 3 aliphatic heterocycles. The third-order valence-electron chi connectivity index (χ3n) is 8.41. The molecule has 8 heteroatoms. The van der Waals surface area contributed by atoms with E-state index in [2.05, 4.69) is 13.2 Å². The minimum absolute atomic E-state index is 0.0230. The van der Waals surface area contributed by atoms with Crippen LogP contribution in [0.15, 0.2) is 25.3 Å². The lowest BCUT2D eigenvalue weighted by Gasteiger charge is -2.38. The van der Waals surface area contributed by atoms with Gasteiger partial charge in [0, 0.05) is 25.7 Å². The van der Waals surface area contributed by atoms with E-state index in [1.165, 1.54) is 0 Å². The number of hydrogen-bond donors (Lipinski definition) is 1. The largest absolute Gasteiger partial charge is 0.465 e. The van der Waals surface area contributed by atoms with Crippen LogP contribution in [0, 0.1) is 17.8 Å². The Balaban J connectivity index is 2.00. The van der Waals surface area contributed by atoms with Gasteiger partial charge >= 0.3 is 5.97 Å². The standard InChI is InChI=1S/C28H44N2O6/c1-7-9-17-35-26(34)22-21-24(32)30(15-12-10-11-13-16-31)23(25(33)29(14-8-2)19(3)4)28(21)18-20(5)27(22,6)36-28/h7-8,19-23,31H,1-2,9-18H2,3-6H3/t20?,21-,22+,23?,27-,28?/m0/s1. The Kier molecular flexibility index (Phi) is 9.04. The Labute approximate surface area is 215 Å². The lowest BCUT2D eigenvalue weighted by atomic mass is 9.62. The van der Waals surface area contributed by atoms with Crippen LogP contribution in [0.5, 0.6) is 0 Å². The lowest BCUT2D eigenvalue weighted by molar-refractivity contribution is -0.162. The maximum atomic E-state index is 14.1. The zero-order valence-electron chi connectivity index (χ0n) is 22.4. The summed E-state index contributed by atoms with van der Waals surface area (Å²) in [6.07, 6.45) is 7.55. The molecule has 3 fully saturated rings. The first-order valence-electron chi connectivity index (χ1n) is 13.4. The number of rotatable bonds is 14. The van der Waals surface area contributed by atoms with Crippen molar-refractivity contribution in [3.63, 3.8) is 0 Å². The van der Waals surface area contributed by atoms with E-state index >= 15 is 0 Å². The fraction of sp³-hybridized carbons (Fsp3) is 0.750. The molecule has 3 rings (SSSR count). The molecule has 3 aliphatic rings. The van der Waals surface area contributed by atoms with Crippen LogP contribution in [-0.4, -0.2) is 82.3 Å². The molecule has 8 nitrogen and oxygen atoms in total. The number of likely N-dealkylation sites (tertiary alicyclic amines) is 1. The van der Waals surface area contributed by atoms with E-state index in [0.717, 1.165) is 12.8 Å². The monoisotopic (exact) mass is 504 g/mol. The molecular weight excluding hydrogens is 460 g/mol. The van der Waals surface area contributed by atoms with Crippen molar-refractivity contribution in [3.05, 3.63) is 25.3 Å². The first kappa shape index (κ1) is 28.4. The van der Waals surface area contributed by atoms with Crippen LogP contribution in [0.25, 0.3) is 0 Å². The maximum Gasteiger partial charge on any atom is 0.312 e. The van der Waals surface area contributed by atoms with Crippen molar-refractivity contribution in [2.75, 3.05) is 26.3 Å². The second kappa shape index (κ2) is 11.5. The third kappa shape index (κ3) is 4.74. The summed E-state index contributed by atoms with van der Waals surface area (Å²) in [6, 6.07) is -0.885. The minimum Gasteiger partial charge on any atom is -0.465 e. The summed E-state index contributed by atoms with van der Waals surface area (Å²) in [5, 5.41) is 9.10. The van der Waals surface area contributed by atoms with Crippen molar-refractivity contribution in [1.29, 1.82) is 0 Å². The molecule has 0 saturated carbocycles. The van der Waals surface area contributed by atoms with Crippen LogP contribution in [-0.2, 0) is 23.9 Å². The van der Waals surface area contributed by atoms with E-state index in [-0.39, 0.29) is 37.0 Å². The van der Waals surface area contributed by atoms with Gasteiger partial charge in [-0.2, -0.15) is 0 Å². The van der Waals surface area contributed by atoms with Gasteiger partial charge in [0.15, 0.2) is 0 Å². The Morgan fingerprint density at radius 2 is 1.94 bits per heavy atom. The first-order valence-corrected chi connectivity index (χ1v) is 13.4. The summed E-state index contributed by atoms with van der Waals surface area (Å²) < 4.78 is 12.3. The number of hydrogen-bond acceptors (Lipinski definition) is 6. The fourth-order valence-electron chi connectivity index (χ4n) is 6.55. The van der Waals surface area contributed by atoms with Gasteiger partial charge in [-0.25, -0.2) is 0 Å². The molecule has 202 valence electrons. The number of carbonyl (C=O) groups excluding carboxylic acids is 3. The third-order valence-corrected chi connectivity index (χ3v) is 8.41. The average molecular weight is 505 g/mol. The maximum absolute atomic E-state index is 14.1. The summed E-state index contributed by atoms with van der Waals surface area (Å²) in [4.78, 5) is 45.0. The summed E-state index contributed by atoms with van der Waals surface area (Å²) >= 11 is 0. The van der Waals surface area contributed by atoms with Gasteiger partial charge < -0.3 is 24.4 Å². The van der Waals surface area contributed by atoms with Gasteiger partial charge in [0.05, 0.1) is 18.1 Å². The molecule has 0 aliphatic carbocycles. The highest BCUT2D eigenvalue weighted by Gasteiger charge is 2.80. The quantitative estimate of drug-likeness (QED) is 0.222. The van der Waals surface area contributed by atoms with Gasteiger partial charge in [-0.15, -0.1) is 13.2 Å². The molecular formula is C28H44N2O6. The number of esters is 1. The molecule has 3 saturated heterocycles. The summed E-state index contributed by atoms with van der Waals surface area (Å²) in [5.41, 5.74) is -1.94. The molecule has 1 N–H and O–H groups in total. The normalized spacial score (nSPS) is 32.6. The predicted molar refractivity (Wildman–Crippen MR) is 137 cm³/mol. The van der Waals surface area contributed by atoms with Crippen LogP contribution in [0.4, 0.5) is 0 Å². The topological polar surface area (TPSA) is 96.4 Å². The number of amides is 2. The van der Waals surface area contributed by atoms with E-state index in [1.807, 2.05) is 27.7 Å². The molecule has 2 bridgehead atoms. The van der Waals surface area contributed by atoms with Crippen molar-refractivity contribution >= 4 is 17.8 Å². The molecule has 36 heavy (non-hydrogen) atoms. The minimum atomic E-state index is -1.07. The summed E-state index contributed by atoms with van der Waals surface area (Å²) in [5.74, 6) is -2.33. The van der Waals surface area contributed by atoms with Crippen molar-refractivity contribution in [2.45, 2.75) is 89.5 Å². The fourth-order valence-corrected chi connectivity index (χ4v) is 6.55. The van der Waals surface area contributed by atoms with E-state index in [1.54, 1.807) is 22.0 Å². The Bertz CT molecular complexity index is 859. The van der Waals surface area contributed by atoms with Crippen LogP contribution in [0.2, 0.25) is 0 Å². The van der Waals surface area contributed by atoms with E-state index < -0.39 is 35.0 Å². The molecule has 3 unspecified atom stereocenters. The van der Waals surface area contributed by atoms with Crippen LogP contribution in [0.3, 0.4) is 0 Å². The van der Waals surface area contributed by atoms with Crippen LogP contribution in [0.1, 0.15) is 66.2 Å². The number of aliphatic hydroxyl groups excluding tert-OH is 1. The molecule has 0 aromatic carbocycles. The van der Waals surface area contributed by atoms with Gasteiger partial charge in [0.1, 0.15) is 17.6 Å². The number of nitrogens with zero attached hydrogens (tertiary/aromatic N) is 2. The number of aliphatic hydroxyl groups is 1. The van der Waals surface area contributed by atoms with Crippen LogP contribution >= 0.6 is 0 Å². The van der Waals surface area contributed by atoms with Gasteiger partial charge in [0.2, 0.25) is 11.8 Å². The molecule has 2 amide bonds. The van der Waals surface area contributed by atoms with Crippen molar-refractivity contribution in [3.8, 4) is 0 Å². The summed E-state index contributed by atoms with van der Waals surface area (Å²) in [6.45, 7) is 16.4. The molecule has 3 heterocycles. The molecule has 0 radical (unpaired) electrons. The zero-order valence-corrected chi connectivity index (χ0v) is 22.4. The van der Waals surface area contributed by atoms with Gasteiger partial charge in [-0.1, -0.05) is 31.9 Å². The van der Waals surface area contributed by atoms with E-state index in [0.29, 0.717) is 38.8 Å². The number of fused-ring (bicyclic) bond motifs is 1. The Hall–Kier alpha value is -2.19. The van der Waals surface area contributed by atoms with Gasteiger partial charge in [-0.3, -0.25) is 14.4 Å². The van der Waals surface area contributed by atoms with Gasteiger partial charge in [0.25, 0.3) is 0 Å². The number of unbranched alkanes of at least 4 members (excludes halogenated alkanes) is 3. The second-order valence-corrected chi connectivity index (χ2v) is 11.0. The second-order valence-electron chi connectivity index (χ2n) is 11.0. The Morgan fingerprint density at radius 1 is 1.25 bits per heavy atom. The highest BCUT2D eigenvalue weighted by atomic mass is 16.6.